The lowest BCUT2D eigenvalue weighted by molar-refractivity contribution is -0.367. The van der Waals surface area contributed by atoms with E-state index < -0.39 is 5.60 Å². The van der Waals surface area contributed by atoms with E-state index >= 15 is 0 Å². The van der Waals surface area contributed by atoms with Crippen LogP contribution in [0.1, 0.15) is 33.6 Å². The fraction of sp³-hybridized carbons (Fsp3) is 0.889. The minimum absolute atomic E-state index is 0.436. The number of amides is 1. The number of hydrogen-bond acceptors (Lipinski definition) is 4. The molecule has 0 aromatic rings. The number of unbranched alkanes of at least 4 members (excludes halogenated alkanes) is 1. The van der Waals surface area contributed by atoms with Crippen molar-refractivity contribution in [1.82, 2.24) is 5.23 Å². The van der Waals surface area contributed by atoms with E-state index in [-0.39, 0.29) is 0 Å². The summed E-state index contributed by atoms with van der Waals surface area (Å²) in [7, 11) is 0. The van der Waals surface area contributed by atoms with Crippen molar-refractivity contribution in [2.75, 3.05) is 13.2 Å². The lowest BCUT2D eigenvalue weighted by Gasteiger charge is -2.25. The van der Waals surface area contributed by atoms with Crippen molar-refractivity contribution in [3.63, 3.8) is 0 Å². The van der Waals surface area contributed by atoms with Crippen molar-refractivity contribution in [3.05, 3.63) is 0 Å². The standard InChI is InChI=1S/C9H20N2O3/c1-9(2,3)14-11(8-12)13-7-5-4-6-10/h8H,4-7,10H2,1-3H3. The molecule has 0 aliphatic rings. The van der Waals surface area contributed by atoms with Gasteiger partial charge in [0.25, 0.3) is 6.41 Å². The number of nitrogens with zero attached hydrogens (tertiary/aromatic N) is 1. The van der Waals surface area contributed by atoms with E-state index in [4.69, 9.17) is 15.4 Å². The van der Waals surface area contributed by atoms with Crippen molar-refractivity contribution in [1.29, 1.82) is 0 Å². The van der Waals surface area contributed by atoms with E-state index in [0.717, 1.165) is 18.1 Å². The Balaban J connectivity index is 3.64. The van der Waals surface area contributed by atoms with E-state index in [2.05, 4.69) is 0 Å². The van der Waals surface area contributed by atoms with Gasteiger partial charge in [-0.2, -0.15) is 0 Å². The molecule has 1 amide bonds. The molecule has 0 atom stereocenters. The molecule has 0 fully saturated rings. The Kier molecular flexibility index (Phi) is 6.44. The Hall–Kier alpha value is -0.650. The van der Waals surface area contributed by atoms with Crippen molar-refractivity contribution >= 4 is 6.41 Å². The molecule has 0 aromatic heterocycles. The number of nitrogens with two attached hydrogens (primary N) is 1. The molecular weight excluding hydrogens is 184 g/mol. The molecule has 0 radical (unpaired) electrons. The van der Waals surface area contributed by atoms with E-state index in [0.29, 0.717) is 19.6 Å². The molecule has 0 aliphatic heterocycles. The maximum Gasteiger partial charge on any atom is 0.261 e. The van der Waals surface area contributed by atoms with E-state index in [1.165, 1.54) is 0 Å². The van der Waals surface area contributed by atoms with Crippen molar-refractivity contribution in [2.45, 2.75) is 39.2 Å². The normalized spacial score (nSPS) is 11.4. The van der Waals surface area contributed by atoms with Crippen LogP contribution in [0.25, 0.3) is 0 Å². The smallest absolute Gasteiger partial charge is 0.261 e. The number of carbonyl (C=O) groups is 1. The summed E-state index contributed by atoms with van der Waals surface area (Å²) < 4.78 is 0. The second-order valence-electron chi connectivity index (χ2n) is 3.92. The van der Waals surface area contributed by atoms with Crippen LogP contribution in [-0.4, -0.2) is 30.4 Å². The topological polar surface area (TPSA) is 64.8 Å². The number of hydrogen-bond donors (Lipinski definition) is 1. The SMILES string of the molecule is CC(C)(C)ON(C=O)OCCCCN. The molecule has 0 rings (SSSR count). The van der Waals surface area contributed by atoms with Crippen LogP contribution in [0, 0.1) is 0 Å². The predicted octanol–water partition coefficient (Wildman–Crippen LogP) is 0.845. The van der Waals surface area contributed by atoms with Crippen LogP contribution < -0.4 is 5.73 Å². The zero-order valence-corrected chi connectivity index (χ0v) is 9.16. The van der Waals surface area contributed by atoms with Gasteiger partial charge in [-0.3, -0.25) is 4.79 Å². The summed E-state index contributed by atoms with van der Waals surface area (Å²) in [6.45, 7) is 6.59. The molecule has 5 heteroatoms. The van der Waals surface area contributed by atoms with Gasteiger partial charge in [0.1, 0.15) is 0 Å². The van der Waals surface area contributed by atoms with Gasteiger partial charge in [-0.15, -0.1) is 0 Å². The van der Waals surface area contributed by atoms with Gasteiger partial charge in [0.15, 0.2) is 0 Å². The molecule has 2 N–H and O–H groups in total. The third-order valence-corrected chi connectivity index (χ3v) is 1.27. The Bertz CT molecular complexity index is 157. The average molecular weight is 204 g/mol. The zero-order chi connectivity index (χ0) is 11.0. The second kappa shape index (κ2) is 6.75. The quantitative estimate of drug-likeness (QED) is 0.379. The molecule has 0 unspecified atom stereocenters. The van der Waals surface area contributed by atoms with Crippen LogP contribution in [0.5, 0.6) is 0 Å². The molecule has 0 spiro atoms. The summed E-state index contributed by atoms with van der Waals surface area (Å²) >= 11 is 0. The first-order valence-electron chi connectivity index (χ1n) is 4.76. The number of carbonyl (C=O) groups excluding carboxylic acids is 1. The molecule has 84 valence electrons. The van der Waals surface area contributed by atoms with Crippen LogP contribution in [0.3, 0.4) is 0 Å². The van der Waals surface area contributed by atoms with Crippen LogP contribution in [0.4, 0.5) is 0 Å². The minimum Gasteiger partial charge on any atom is -0.330 e. The Morgan fingerprint density at radius 2 is 2.00 bits per heavy atom. The van der Waals surface area contributed by atoms with Crippen molar-refractivity contribution < 1.29 is 14.5 Å². The van der Waals surface area contributed by atoms with E-state index in [1.54, 1.807) is 0 Å². The van der Waals surface area contributed by atoms with Gasteiger partial charge in [0.2, 0.25) is 0 Å². The molecular formula is C9H20N2O3. The number of hydroxylamine groups is 2. The highest BCUT2D eigenvalue weighted by atomic mass is 17.0. The molecule has 0 heterocycles. The average Bonchev–Trinajstić information content (AvgIpc) is 2.08. The first-order valence-corrected chi connectivity index (χ1v) is 4.76. The lowest BCUT2D eigenvalue weighted by Crippen LogP contribution is -2.33. The zero-order valence-electron chi connectivity index (χ0n) is 9.16. The van der Waals surface area contributed by atoms with Gasteiger partial charge in [0, 0.05) is 0 Å². The molecule has 0 aromatic carbocycles. The van der Waals surface area contributed by atoms with Crippen LogP contribution in [0.2, 0.25) is 0 Å². The van der Waals surface area contributed by atoms with Crippen molar-refractivity contribution in [2.24, 2.45) is 5.73 Å². The highest BCUT2D eigenvalue weighted by molar-refractivity contribution is 5.43. The van der Waals surface area contributed by atoms with Crippen LogP contribution >= 0.6 is 0 Å². The Labute approximate surface area is 85.1 Å². The summed E-state index contributed by atoms with van der Waals surface area (Å²) in [5, 5.41) is 0.858. The Morgan fingerprint density at radius 1 is 1.36 bits per heavy atom. The fourth-order valence-corrected chi connectivity index (χ4v) is 0.749. The predicted molar refractivity (Wildman–Crippen MR) is 53.0 cm³/mol. The monoisotopic (exact) mass is 204 g/mol. The van der Waals surface area contributed by atoms with Gasteiger partial charge >= 0.3 is 0 Å². The highest BCUT2D eigenvalue weighted by Crippen LogP contribution is 2.09. The van der Waals surface area contributed by atoms with Gasteiger partial charge in [-0.25, -0.2) is 9.68 Å². The molecule has 0 bridgehead atoms. The minimum atomic E-state index is -0.436. The molecule has 0 saturated heterocycles. The maximum absolute atomic E-state index is 10.5. The second-order valence-corrected chi connectivity index (χ2v) is 3.92. The molecule has 14 heavy (non-hydrogen) atoms. The summed E-state index contributed by atoms with van der Waals surface area (Å²) in [6, 6.07) is 0. The maximum atomic E-state index is 10.5. The lowest BCUT2D eigenvalue weighted by atomic mass is 10.2. The fourth-order valence-electron chi connectivity index (χ4n) is 0.749. The summed E-state index contributed by atoms with van der Waals surface area (Å²) in [4.78, 5) is 20.7. The number of rotatable bonds is 7. The molecule has 5 nitrogen and oxygen atoms in total. The first-order chi connectivity index (χ1) is 6.49. The van der Waals surface area contributed by atoms with Crippen LogP contribution in [0.15, 0.2) is 0 Å². The first kappa shape index (κ1) is 13.4. The summed E-state index contributed by atoms with van der Waals surface area (Å²) in [5.74, 6) is 0. The Morgan fingerprint density at radius 3 is 2.43 bits per heavy atom. The third-order valence-electron chi connectivity index (χ3n) is 1.27. The van der Waals surface area contributed by atoms with Gasteiger partial charge in [-0.05, 0) is 40.2 Å². The summed E-state index contributed by atoms with van der Waals surface area (Å²) in [5.41, 5.74) is 4.87. The highest BCUT2D eigenvalue weighted by Gasteiger charge is 2.16. The van der Waals surface area contributed by atoms with Gasteiger partial charge < -0.3 is 5.73 Å². The molecule has 0 aliphatic carbocycles. The van der Waals surface area contributed by atoms with Crippen molar-refractivity contribution in [3.8, 4) is 0 Å². The third kappa shape index (κ3) is 7.97. The molecule has 0 saturated carbocycles. The van der Waals surface area contributed by atoms with Gasteiger partial charge in [0.05, 0.1) is 12.2 Å². The van der Waals surface area contributed by atoms with Gasteiger partial charge in [-0.1, -0.05) is 5.23 Å². The largest absolute Gasteiger partial charge is 0.330 e. The van der Waals surface area contributed by atoms with Crippen LogP contribution in [-0.2, 0) is 14.5 Å². The van der Waals surface area contributed by atoms with E-state index in [1.807, 2.05) is 20.8 Å². The van der Waals surface area contributed by atoms with E-state index in [9.17, 15) is 4.79 Å². The summed E-state index contributed by atoms with van der Waals surface area (Å²) in [6.07, 6.45) is 2.20.